The standard InChI is InChI=1S/C31H34N8O4/c1-2-13-32-18-28(41)39-26(15-21-9-11-25(40)12-10-21)30(42)38(19-23-7-5-6-22-16-35-37-29(22)23)20-27(39)36-31(43)34-17-24-8-3-4-14-33-24/h2-12,14,16,26-27,32,40H,1,13,15,17-20H2,(H,35,37)(H2,34,36,43)/t26-,27+/m0/s1. The van der Waals surface area contributed by atoms with Crippen molar-refractivity contribution in [3.05, 3.63) is 103 Å². The highest BCUT2D eigenvalue weighted by Crippen LogP contribution is 2.25. The van der Waals surface area contributed by atoms with Crippen molar-refractivity contribution in [3.8, 4) is 5.75 Å². The van der Waals surface area contributed by atoms with Gasteiger partial charge in [0, 0.05) is 31.1 Å². The van der Waals surface area contributed by atoms with E-state index in [1.165, 1.54) is 17.0 Å². The van der Waals surface area contributed by atoms with Gasteiger partial charge in [-0.25, -0.2) is 4.79 Å². The predicted octanol–water partition coefficient (Wildman–Crippen LogP) is 2.05. The van der Waals surface area contributed by atoms with Crippen molar-refractivity contribution in [2.75, 3.05) is 19.6 Å². The van der Waals surface area contributed by atoms with Crippen LogP contribution in [-0.4, -0.2) is 79.8 Å². The molecule has 0 spiro atoms. The normalized spacial score (nSPS) is 16.7. The number of nitrogens with one attached hydrogen (secondary N) is 4. The summed E-state index contributed by atoms with van der Waals surface area (Å²) in [7, 11) is 0. The lowest BCUT2D eigenvalue weighted by Crippen LogP contribution is -2.69. The Bertz CT molecular complexity index is 1570. The SMILES string of the molecule is C=CCNCC(=O)N1[C@@H](NC(=O)NCc2ccccn2)CN(Cc2cccc3cn[nH]c23)C(=O)[C@@H]1Cc1ccc(O)cc1. The van der Waals surface area contributed by atoms with Crippen molar-refractivity contribution in [1.82, 2.24) is 40.9 Å². The van der Waals surface area contributed by atoms with Crippen molar-refractivity contribution in [2.24, 2.45) is 0 Å². The van der Waals surface area contributed by atoms with Crippen LogP contribution in [0.15, 0.2) is 85.7 Å². The third kappa shape index (κ3) is 7.16. The summed E-state index contributed by atoms with van der Waals surface area (Å²) in [6.45, 7) is 4.54. The number of rotatable bonds is 11. The number of para-hydroxylation sites is 1. The van der Waals surface area contributed by atoms with Gasteiger partial charge in [-0.15, -0.1) is 6.58 Å². The quantitative estimate of drug-likeness (QED) is 0.134. The summed E-state index contributed by atoms with van der Waals surface area (Å²) >= 11 is 0. The van der Waals surface area contributed by atoms with E-state index in [0.717, 1.165) is 22.0 Å². The maximum Gasteiger partial charge on any atom is 0.316 e. The average molecular weight is 583 g/mol. The number of pyridine rings is 1. The Labute approximate surface area is 248 Å². The molecular weight excluding hydrogens is 548 g/mol. The smallest absolute Gasteiger partial charge is 0.316 e. The van der Waals surface area contributed by atoms with Crippen LogP contribution >= 0.6 is 0 Å². The van der Waals surface area contributed by atoms with Gasteiger partial charge in [-0.05, 0) is 35.4 Å². The first-order valence-electron chi connectivity index (χ1n) is 14.0. The van der Waals surface area contributed by atoms with Gasteiger partial charge in [0.05, 0.1) is 37.0 Å². The minimum Gasteiger partial charge on any atom is -0.508 e. The highest BCUT2D eigenvalue weighted by atomic mass is 16.3. The Morgan fingerprint density at radius 1 is 1.12 bits per heavy atom. The van der Waals surface area contributed by atoms with Gasteiger partial charge in [0.15, 0.2) is 0 Å². The van der Waals surface area contributed by atoms with Gasteiger partial charge in [0.2, 0.25) is 11.8 Å². The third-order valence-electron chi connectivity index (χ3n) is 7.26. The molecule has 3 heterocycles. The Balaban J connectivity index is 1.45. The summed E-state index contributed by atoms with van der Waals surface area (Å²) in [6.07, 6.45) is 4.36. The largest absolute Gasteiger partial charge is 0.508 e. The number of amides is 4. The number of hydrogen-bond acceptors (Lipinski definition) is 7. The van der Waals surface area contributed by atoms with Gasteiger partial charge in [0.1, 0.15) is 18.0 Å². The van der Waals surface area contributed by atoms with Gasteiger partial charge in [-0.2, -0.15) is 5.10 Å². The van der Waals surface area contributed by atoms with Gasteiger partial charge in [-0.3, -0.25) is 19.7 Å². The van der Waals surface area contributed by atoms with Gasteiger partial charge < -0.3 is 30.9 Å². The van der Waals surface area contributed by atoms with Crippen LogP contribution in [-0.2, 0) is 29.1 Å². The van der Waals surface area contributed by atoms with Crippen LogP contribution in [0.25, 0.3) is 10.9 Å². The summed E-state index contributed by atoms with van der Waals surface area (Å²) in [5.41, 5.74) is 3.11. The van der Waals surface area contributed by atoms with Crippen molar-refractivity contribution in [2.45, 2.75) is 31.7 Å². The van der Waals surface area contributed by atoms with Crippen LogP contribution in [0.5, 0.6) is 5.75 Å². The number of aromatic hydroxyl groups is 1. The number of aromatic amines is 1. The molecule has 4 aromatic rings. The van der Waals surface area contributed by atoms with Crippen molar-refractivity contribution in [1.29, 1.82) is 0 Å². The number of aromatic nitrogens is 3. The number of urea groups is 1. The van der Waals surface area contributed by atoms with E-state index >= 15 is 0 Å². The van der Waals surface area contributed by atoms with Crippen molar-refractivity contribution < 1.29 is 19.5 Å². The Hall–Kier alpha value is -5.23. The van der Waals surface area contributed by atoms with E-state index in [0.29, 0.717) is 12.2 Å². The number of piperazine rings is 1. The molecule has 1 aliphatic rings. The van der Waals surface area contributed by atoms with E-state index < -0.39 is 18.2 Å². The third-order valence-corrected chi connectivity index (χ3v) is 7.26. The molecule has 1 fully saturated rings. The molecule has 0 saturated carbocycles. The second kappa shape index (κ2) is 13.6. The maximum absolute atomic E-state index is 14.1. The second-order valence-corrected chi connectivity index (χ2v) is 10.2. The Morgan fingerprint density at radius 3 is 2.72 bits per heavy atom. The maximum atomic E-state index is 14.1. The monoisotopic (exact) mass is 582 g/mol. The number of carbonyl (C=O) groups is 3. The highest BCUT2D eigenvalue weighted by Gasteiger charge is 2.43. The first kappa shape index (κ1) is 29.3. The molecule has 1 aliphatic heterocycles. The van der Waals surface area contributed by atoms with Crippen LogP contribution in [0.2, 0.25) is 0 Å². The molecule has 2 aromatic carbocycles. The molecule has 5 N–H and O–H groups in total. The van der Waals surface area contributed by atoms with Gasteiger partial charge in [0.25, 0.3) is 0 Å². The minimum absolute atomic E-state index is 0.0490. The average Bonchev–Trinajstić information content (AvgIpc) is 3.50. The van der Waals surface area contributed by atoms with Crippen LogP contribution in [0.4, 0.5) is 4.79 Å². The van der Waals surface area contributed by atoms with Crippen LogP contribution < -0.4 is 16.0 Å². The number of benzene rings is 2. The number of nitrogens with zero attached hydrogens (tertiary/aromatic N) is 4. The number of fused-ring (bicyclic) bond motifs is 1. The number of phenolic OH excluding ortho intramolecular Hbond substituents is 1. The Kier molecular flexibility index (Phi) is 9.27. The fourth-order valence-corrected chi connectivity index (χ4v) is 5.20. The molecule has 12 nitrogen and oxygen atoms in total. The zero-order chi connectivity index (χ0) is 30.2. The molecule has 5 rings (SSSR count). The number of carbonyl (C=O) groups excluding carboxylic acids is 3. The molecule has 0 bridgehead atoms. The lowest BCUT2D eigenvalue weighted by Gasteiger charge is -2.46. The summed E-state index contributed by atoms with van der Waals surface area (Å²) in [5.74, 6) is -0.503. The summed E-state index contributed by atoms with van der Waals surface area (Å²) in [5, 5.41) is 26.6. The van der Waals surface area contributed by atoms with Gasteiger partial charge >= 0.3 is 6.03 Å². The fraction of sp³-hybridized carbons (Fsp3) is 0.258. The number of H-pyrrole nitrogens is 1. The van der Waals surface area contributed by atoms with Crippen LogP contribution in [0.3, 0.4) is 0 Å². The molecule has 43 heavy (non-hydrogen) atoms. The molecule has 1 saturated heterocycles. The van der Waals surface area contributed by atoms with Crippen molar-refractivity contribution >= 4 is 28.7 Å². The zero-order valence-corrected chi connectivity index (χ0v) is 23.6. The predicted molar refractivity (Wildman–Crippen MR) is 160 cm³/mol. The molecule has 0 radical (unpaired) electrons. The molecule has 222 valence electrons. The lowest BCUT2D eigenvalue weighted by atomic mass is 9.98. The van der Waals surface area contributed by atoms with E-state index in [-0.39, 0.29) is 50.2 Å². The summed E-state index contributed by atoms with van der Waals surface area (Å²) < 4.78 is 0. The van der Waals surface area contributed by atoms with E-state index in [2.05, 4.69) is 37.7 Å². The molecule has 2 aromatic heterocycles. The first-order valence-corrected chi connectivity index (χ1v) is 14.0. The first-order chi connectivity index (χ1) is 20.9. The van der Waals surface area contributed by atoms with Crippen LogP contribution in [0, 0.1) is 0 Å². The number of phenols is 1. The fourth-order valence-electron chi connectivity index (χ4n) is 5.20. The zero-order valence-electron chi connectivity index (χ0n) is 23.6. The summed E-state index contributed by atoms with van der Waals surface area (Å²) in [4.78, 5) is 48.3. The molecule has 2 atom stereocenters. The Morgan fingerprint density at radius 2 is 1.95 bits per heavy atom. The molecule has 0 unspecified atom stereocenters. The molecule has 4 amide bonds. The van der Waals surface area contributed by atoms with Crippen LogP contribution in [0.1, 0.15) is 16.8 Å². The summed E-state index contributed by atoms with van der Waals surface area (Å²) in [6, 6.07) is 16.3. The second-order valence-electron chi connectivity index (χ2n) is 10.2. The van der Waals surface area contributed by atoms with E-state index in [9.17, 15) is 19.5 Å². The molecule has 12 heteroatoms. The van der Waals surface area contributed by atoms with E-state index in [1.54, 1.807) is 47.6 Å². The van der Waals surface area contributed by atoms with Crippen molar-refractivity contribution in [3.63, 3.8) is 0 Å². The molecule has 0 aliphatic carbocycles. The number of hydrogen-bond donors (Lipinski definition) is 5. The van der Waals surface area contributed by atoms with Gasteiger partial charge in [-0.1, -0.05) is 42.5 Å². The topological polar surface area (TPSA) is 156 Å². The van der Waals surface area contributed by atoms with E-state index in [4.69, 9.17) is 0 Å². The lowest BCUT2D eigenvalue weighted by molar-refractivity contribution is -0.156. The minimum atomic E-state index is -0.918. The van der Waals surface area contributed by atoms with E-state index in [1.807, 2.05) is 24.3 Å². The highest BCUT2D eigenvalue weighted by molar-refractivity contribution is 5.91. The molecular formula is C31H34N8O4.